The standard InChI is InChI=1S/C14H16F2N4OS/c1-6-5-10(12(17)22)7(2)8(3)11(6)19-9(4)18-20(13(15)16)14(19)21/h5,13H,1-4H3,(H2,17,22). The SMILES string of the molecule is Cc1cc(C(N)=S)c(C)c(C)c1-n1c(C)nn(C(F)F)c1=O. The second-order valence-corrected chi connectivity index (χ2v) is 5.53. The lowest BCUT2D eigenvalue weighted by Crippen LogP contribution is -2.26. The summed E-state index contributed by atoms with van der Waals surface area (Å²) in [6.45, 7) is 3.92. The highest BCUT2D eigenvalue weighted by Gasteiger charge is 2.21. The van der Waals surface area contributed by atoms with Crippen LogP contribution in [0.3, 0.4) is 0 Å². The fourth-order valence-corrected chi connectivity index (χ4v) is 2.75. The number of benzene rings is 1. The molecule has 0 saturated carbocycles. The number of nitrogens with two attached hydrogens (primary N) is 1. The topological polar surface area (TPSA) is 65.8 Å². The number of hydrogen-bond donors (Lipinski definition) is 1. The van der Waals surface area contributed by atoms with Crippen LogP contribution in [0, 0.1) is 27.7 Å². The van der Waals surface area contributed by atoms with Gasteiger partial charge in [0.1, 0.15) is 10.8 Å². The minimum absolute atomic E-state index is 0.172. The van der Waals surface area contributed by atoms with Crippen molar-refractivity contribution in [2.75, 3.05) is 0 Å². The summed E-state index contributed by atoms with van der Waals surface area (Å²) in [7, 11) is 0. The molecule has 1 heterocycles. The maximum Gasteiger partial charge on any atom is 0.355 e. The van der Waals surface area contributed by atoms with Crippen molar-refractivity contribution in [1.82, 2.24) is 14.3 Å². The summed E-state index contributed by atoms with van der Waals surface area (Å²) in [5, 5.41) is 3.62. The maximum absolute atomic E-state index is 12.8. The first-order valence-corrected chi connectivity index (χ1v) is 6.95. The van der Waals surface area contributed by atoms with Crippen LogP contribution in [0.2, 0.25) is 0 Å². The highest BCUT2D eigenvalue weighted by atomic mass is 32.1. The van der Waals surface area contributed by atoms with E-state index in [2.05, 4.69) is 5.10 Å². The van der Waals surface area contributed by atoms with E-state index in [4.69, 9.17) is 18.0 Å². The van der Waals surface area contributed by atoms with Crippen LogP contribution in [0.1, 0.15) is 34.6 Å². The van der Waals surface area contributed by atoms with Gasteiger partial charge in [-0.15, -0.1) is 9.78 Å². The number of aromatic nitrogens is 3. The lowest BCUT2D eigenvalue weighted by molar-refractivity contribution is 0.0521. The summed E-state index contributed by atoms with van der Waals surface area (Å²) in [5.41, 5.74) is 8.34. The second kappa shape index (κ2) is 5.60. The number of halogens is 2. The molecule has 1 aromatic heterocycles. The molecule has 0 radical (unpaired) electrons. The Kier molecular flexibility index (Phi) is 4.15. The number of nitrogens with zero attached hydrogens (tertiary/aromatic N) is 3. The van der Waals surface area contributed by atoms with Crippen LogP contribution in [0.4, 0.5) is 8.78 Å². The molecule has 0 aliphatic rings. The molecule has 2 aromatic rings. The molecule has 8 heteroatoms. The Morgan fingerprint density at radius 1 is 1.27 bits per heavy atom. The molecule has 0 saturated heterocycles. The summed E-state index contributed by atoms with van der Waals surface area (Å²) >= 11 is 5.01. The molecule has 0 aliphatic carbocycles. The summed E-state index contributed by atoms with van der Waals surface area (Å²) in [4.78, 5) is 12.5. The van der Waals surface area contributed by atoms with Crippen molar-refractivity contribution in [2.45, 2.75) is 34.2 Å². The molecule has 5 nitrogen and oxygen atoms in total. The molecule has 0 spiro atoms. The first-order valence-electron chi connectivity index (χ1n) is 6.54. The number of hydrogen-bond acceptors (Lipinski definition) is 3. The molecule has 0 bridgehead atoms. The van der Waals surface area contributed by atoms with Crippen LogP contribution < -0.4 is 11.4 Å². The first kappa shape index (κ1) is 16.3. The van der Waals surface area contributed by atoms with Crippen LogP contribution in [-0.2, 0) is 0 Å². The van der Waals surface area contributed by atoms with E-state index in [-0.39, 0.29) is 15.5 Å². The molecule has 0 unspecified atom stereocenters. The molecule has 22 heavy (non-hydrogen) atoms. The van der Waals surface area contributed by atoms with E-state index in [1.165, 1.54) is 11.5 Å². The third kappa shape index (κ3) is 2.43. The largest absolute Gasteiger partial charge is 0.389 e. The third-order valence-electron chi connectivity index (χ3n) is 3.69. The van der Waals surface area contributed by atoms with Crippen molar-refractivity contribution in [3.8, 4) is 5.69 Å². The van der Waals surface area contributed by atoms with Gasteiger partial charge in [0.2, 0.25) is 0 Å². The van der Waals surface area contributed by atoms with Crippen LogP contribution in [0.25, 0.3) is 5.69 Å². The summed E-state index contributed by atoms with van der Waals surface area (Å²) < 4.78 is 27.0. The predicted molar refractivity (Wildman–Crippen MR) is 83.9 cm³/mol. The molecular formula is C14H16F2N4OS. The minimum atomic E-state index is -2.98. The lowest BCUT2D eigenvalue weighted by Gasteiger charge is -2.16. The van der Waals surface area contributed by atoms with E-state index in [0.717, 1.165) is 11.1 Å². The zero-order chi connectivity index (χ0) is 16.8. The van der Waals surface area contributed by atoms with E-state index in [1.807, 2.05) is 6.92 Å². The van der Waals surface area contributed by atoms with Crippen LogP contribution in [-0.4, -0.2) is 19.3 Å². The fraction of sp³-hybridized carbons (Fsp3) is 0.357. The second-order valence-electron chi connectivity index (χ2n) is 5.09. The quantitative estimate of drug-likeness (QED) is 0.879. The molecule has 0 fully saturated rings. The molecule has 0 amide bonds. The molecule has 0 atom stereocenters. The van der Waals surface area contributed by atoms with Crippen molar-refractivity contribution in [2.24, 2.45) is 5.73 Å². The molecule has 2 N–H and O–H groups in total. The average molecular weight is 326 g/mol. The Hall–Kier alpha value is -2.09. The summed E-state index contributed by atoms with van der Waals surface area (Å²) in [6.07, 6.45) is 0. The zero-order valence-electron chi connectivity index (χ0n) is 12.6. The van der Waals surface area contributed by atoms with Gasteiger partial charge in [0.05, 0.1) is 5.69 Å². The van der Waals surface area contributed by atoms with Crippen LogP contribution in [0.15, 0.2) is 10.9 Å². The number of thiocarbonyl (C=S) groups is 1. The highest BCUT2D eigenvalue weighted by molar-refractivity contribution is 7.80. The molecule has 118 valence electrons. The Labute approximate surface area is 131 Å². The van der Waals surface area contributed by atoms with Gasteiger partial charge in [-0.3, -0.25) is 0 Å². The van der Waals surface area contributed by atoms with Gasteiger partial charge < -0.3 is 5.73 Å². The Bertz CT molecular complexity index is 823. The Morgan fingerprint density at radius 2 is 1.86 bits per heavy atom. The first-order chi connectivity index (χ1) is 10.2. The zero-order valence-corrected chi connectivity index (χ0v) is 13.5. The summed E-state index contributed by atoms with van der Waals surface area (Å²) in [5.74, 6) is 0.193. The number of aryl methyl sites for hydroxylation is 2. The molecular weight excluding hydrogens is 310 g/mol. The smallest absolute Gasteiger partial charge is 0.355 e. The van der Waals surface area contributed by atoms with Gasteiger partial charge in [-0.25, -0.2) is 9.36 Å². The van der Waals surface area contributed by atoms with Crippen molar-refractivity contribution in [1.29, 1.82) is 0 Å². The fourth-order valence-electron chi connectivity index (χ4n) is 2.54. The molecule has 2 rings (SSSR count). The van der Waals surface area contributed by atoms with Crippen molar-refractivity contribution in [3.05, 3.63) is 44.6 Å². The Balaban J connectivity index is 2.83. The van der Waals surface area contributed by atoms with Gasteiger partial charge in [0.15, 0.2) is 0 Å². The van der Waals surface area contributed by atoms with Crippen LogP contribution >= 0.6 is 12.2 Å². The van der Waals surface area contributed by atoms with E-state index >= 15 is 0 Å². The Morgan fingerprint density at radius 3 is 2.32 bits per heavy atom. The molecule has 0 aliphatic heterocycles. The third-order valence-corrected chi connectivity index (χ3v) is 3.91. The molecule has 1 aromatic carbocycles. The minimum Gasteiger partial charge on any atom is -0.389 e. The van der Waals surface area contributed by atoms with Gasteiger partial charge in [0.25, 0.3) is 0 Å². The van der Waals surface area contributed by atoms with Crippen molar-refractivity contribution in [3.63, 3.8) is 0 Å². The van der Waals surface area contributed by atoms with E-state index in [0.29, 0.717) is 16.8 Å². The number of rotatable bonds is 3. The van der Waals surface area contributed by atoms with E-state index in [9.17, 15) is 13.6 Å². The van der Waals surface area contributed by atoms with Crippen molar-refractivity contribution < 1.29 is 8.78 Å². The van der Waals surface area contributed by atoms with Crippen LogP contribution in [0.5, 0.6) is 0 Å². The predicted octanol–water partition coefficient (Wildman–Crippen LogP) is 2.30. The average Bonchev–Trinajstić information content (AvgIpc) is 2.71. The maximum atomic E-state index is 12.8. The lowest BCUT2D eigenvalue weighted by atomic mass is 9.97. The summed E-state index contributed by atoms with van der Waals surface area (Å²) in [6, 6.07) is 1.76. The number of alkyl halides is 2. The normalized spacial score (nSPS) is 11.2. The van der Waals surface area contributed by atoms with E-state index in [1.54, 1.807) is 19.9 Å². The van der Waals surface area contributed by atoms with Crippen molar-refractivity contribution >= 4 is 17.2 Å². The van der Waals surface area contributed by atoms with Gasteiger partial charge in [0, 0.05) is 5.56 Å². The van der Waals surface area contributed by atoms with Gasteiger partial charge >= 0.3 is 12.2 Å². The van der Waals surface area contributed by atoms with E-state index < -0.39 is 12.2 Å². The monoisotopic (exact) mass is 326 g/mol. The van der Waals surface area contributed by atoms with Gasteiger partial charge in [-0.1, -0.05) is 12.2 Å². The van der Waals surface area contributed by atoms with Gasteiger partial charge in [-0.05, 0) is 50.5 Å². The highest BCUT2D eigenvalue weighted by Crippen LogP contribution is 2.25. The van der Waals surface area contributed by atoms with Gasteiger partial charge in [-0.2, -0.15) is 8.78 Å².